The Balaban J connectivity index is 1.67. The maximum atomic E-state index is 12.2. The van der Waals surface area contributed by atoms with Crippen molar-refractivity contribution in [3.05, 3.63) is 24.3 Å². The first-order valence-corrected chi connectivity index (χ1v) is 9.32. The fourth-order valence-corrected chi connectivity index (χ4v) is 4.01. The monoisotopic (exact) mass is 383 g/mol. The summed E-state index contributed by atoms with van der Waals surface area (Å²) in [5.41, 5.74) is 0.524. The van der Waals surface area contributed by atoms with Crippen LogP contribution in [0.1, 0.15) is 6.92 Å². The predicted molar refractivity (Wildman–Crippen MR) is 88.9 cm³/mol. The minimum atomic E-state index is -3.99. The molecule has 0 radical (unpaired) electrons. The first kappa shape index (κ1) is 17.3. The van der Waals surface area contributed by atoms with Gasteiger partial charge in [-0.15, -0.1) is 10.2 Å². The van der Waals surface area contributed by atoms with Gasteiger partial charge in [0.15, 0.2) is 6.10 Å². The Morgan fingerprint density at radius 2 is 2.12 bits per heavy atom. The smallest absolute Gasteiger partial charge is 0.270 e. The van der Waals surface area contributed by atoms with E-state index in [-0.39, 0.29) is 21.9 Å². The van der Waals surface area contributed by atoms with Crippen LogP contribution in [0.5, 0.6) is 5.75 Å². The van der Waals surface area contributed by atoms with Crippen molar-refractivity contribution in [3.8, 4) is 5.75 Å². The van der Waals surface area contributed by atoms with E-state index in [1.807, 2.05) is 0 Å². The third-order valence-corrected chi connectivity index (χ3v) is 5.71. The molecule has 2 aromatic rings. The molecule has 132 valence electrons. The van der Waals surface area contributed by atoms with Crippen LogP contribution in [0.4, 0.5) is 10.8 Å². The molecule has 1 aromatic heterocycles. The van der Waals surface area contributed by atoms with Crippen molar-refractivity contribution in [1.29, 1.82) is 0 Å². The third-order valence-electron chi connectivity index (χ3n) is 3.08. The number of hydrogen-bond donors (Lipinski definition) is 3. The molecule has 3 N–H and O–H groups in total. The SMILES string of the molecule is CC(=O)Nc1nnc(S(=O)(=O)NCC2Oc3ccccc3NC2=O)s1. The van der Waals surface area contributed by atoms with Crippen molar-refractivity contribution in [3.63, 3.8) is 0 Å². The Kier molecular flexibility index (Phi) is 4.65. The predicted octanol–water partition coefficient (Wildman–Crippen LogP) is 0.174. The first-order chi connectivity index (χ1) is 11.8. The van der Waals surface area contributed by atoms with Crippen LogP contribution >= 0.6 is 11.3 Å². The molecular formula is C13H13N5O5S2. The molecule has 2 heterocycles. The van der Waals surface area contributed by atoms with E-state index in [9.17, 15) is 18.0 Å². The lowest BCUT2D eigenvalue weighted by Gasteiger charge is -2.25. The fourth-order valence-electron chi connectivity index (χ4n) is 1.99. The van der Waals surface area contributed by atoms with Crippen molar-refractivity contribution in [2.24, 2.45) is 0 Å². The second-order valence-corrected chi connectivity index (χ2v) is 7.92. The molecule has 0 saturated carbocycles. The van der Waals surface area contributed by atoms with Gasteiger partial charge in [-0.2, -0.15) is 0 Å². The van der Waals surface area contributed by atoms with Gasteiger partial charge in [0.25, 0.3) is 15.9 Å². The summed E-state index contributed by atoms with van der Waals surface area (Å²) in [7, 11) is -3.99. The molecule has 1 aliphatic heterocycles. The molecule has 0 saturated heterocycles. The number of carbonyl (C=O) groups is 2. The summed E-state index contributed by atoms with van der Waals surface area (Å²) in [5.74, 6) is -0.397. The van der Waals surface area contributed by atoms with E-state index in [1.54, 1.807) is 24.3 Å². The van der Waals surface area contributed by atoms with Crippen LogP contribution in [0, 0.1) is 0 Å². The molecule has 0 bridgehead atoms. The lowest BCUT2D eigenvalue weighted by atomic mass is 10.2. The second-order valence-electron chi connectivity index (χ2n) is 5.00. The van der Waals surface area contributed by atoms with Gasteiger partial charge in [-0.25, -0.2) is 13.1 Å². The standard InChI is InChI=1S/C13H13N5O5S2/c1-7(19)15-12-17-18-13(24-12)25(21,22)14-6-10-11(20)16-8-4-2-3-5-9(8)23-10/h2-5,10,14H,6H2,1H3,(H,16,20)(H,15,17,19). The summed E-state index contributed by atoms with van der Waals surface area (Å²) in [4.78, 5) is 22.9. The van der Waals surface area contributed by atoms with E-state index in [0.717, 1.165) is 0 Å². The van der Waals surface area contributed by atoms with Gasteiger partial charge in [-0.1, -0.05) is 23.5 Å². The van der Waals surface area contributed by atoms with Gasteiger partial charge >= 0.3 is 0 Å². The Bertz CT molecular complexity index is 926. The molecule has 0 spiro atoms. The van der Waals surface area contributed by atoms with Crippen LogP contribution < -0.4 is 20.1 Å². The molecule has 10 nitrogen and oxygen atoms in total. The van der Waals surface area contributed by atoms with Gasteiger partial charge in [0.2, 0.25) is 15.4 Å². The van der Waals surface area contributed by atoms with Crippen molar-refractivity contribution < 1.29 is 22.7 Å². The van der Waals surface area contributed by atoms with E-state index in [4.69, 9.17) is 4.74 Å². The molecule has 1 aromatic carbocycles. The Morgan fingerprint density at radius 1 is 1.36 bits per heavy atom. The Labute approximate surface area is 146 Å². The zero-order valence-electron chi connectivity index (χ0n) is 12.8. The van der Waals surface area contributed by atoms with Gasteiger partial charge < -0.3 is 15.4 Å². The van der Waals surface area contributed by atoms with E-state index in [2.05, 4.69) is 25.6 Å². The van der Waals surface area contributed by atoms with E-state index < -0.39 is 22.0 Å². The summed E-state index contributed by atoms with van der Waals surface area (Å²) in [6, 6.07) is 6.83. The Morgan fingerprint density at radius 3 is 2.88 bits per heavy atom. The molecule has 2 amide bonds. The highest BCUT2D eigenvalue weighted by Gasteiger charge is 2.30. The second kappa shape index (κ2) is 6.74. The third kappa shape index (κ3) is 3.92. The van der Waals surface area contributed by atoms with Crippen molar-refractivity contribution in [1.82, 2.24) is 14.9 Å². The quantitative estimate of drug-likeness (QED) is 0.626. The van der Waals surface area contributed by atoms with Gasteiger partial charge in [0.05, 0.1) is 12.2 Å². The van der Waals surface area contributed by atoms with Gasteiger partial charge in [0, 0.05) is 6.92 Å². The van der Waals surface area contributed by atoms with Gasteiger partial charge in [0.1, 0.15) is 5.75 Å². The zero-order valence-corrected chi connectivity index (χ0v) is 14.5. The average molecular weight is 383 g/mol. The molecule has 0 aliphatic carbocycles. The summed E-state index contributed by atoms with van der Waals surface area (Å²) >= 11 is 0.698. The number of nitrogens with zero attached hydrogens (tertiary/aromatic N) is 2. The number of rotatable bonds is 5. The summed E-state index contributed by atoms with van der Waals surface area (Å²) in [5, 5.41) is 12.1. The normalized spacial score (nSPS) is 16.5. The largest absolute Gasteiger partial charge is 0.477 e. The number of hydrogen-bond acceptors (Lipinski definition) is 8. The lowest BCUT2D eigenvalue weighted by molar-refractivity contribution is -0.123. The highest BCUT2D eigenvalue weighted by Crippen LogP contribution is 2.28. The van der Waals surface area contributed by atoms with Crippen molar-refractivity contribution >= 4 is 44.0 Å². The van der Waals surface area contributed by atoms with Crippen LogP contribution in [0.15, 0.2) is 28.6 Å². The van der Waals surface area contributed by atoms with Gasteiger partial charge in [-0.05, 0) is 12.1 Å². The minimum Gasteiger partial charge on any atom is -0.477 e. The molecular weight excluding hydrogens is 370 g/mol. The number of sulfonamides is 1. The van der Waals surface area contributed by atoms with Crippen LogP contribution in [-0.4, -0.2) is 43.1 Å². The summed E-state index contributed by atoms with van der Waals surface area (Å²) in [6.07, 6.45) is -1.02. The topological polar surface area (TPSA) is 139 Å². The molecule has 1 aliphatic rings. The molecule has 1 unspecified atom stereocenters. The lowest BCUT2D eigenvalue weighted by Crippen LogP contribution is -2.45. The highest BCUT2D eigenvalue weighted by molar-refractivity contribution is 7.91. The summed E-state index contributed by atoms with van der Waals surface area (Å²) in [6.45, 7) is 0.988. The van der Waals surface area contributed by atoms with E-state index in [1.165, 1.54) is 6.92 Å². The van der Waals surface area contributed by atoms with Crippen molar-refractivity contribution in [2.75, 3.05) is 17.2 Å². The number of amides is 2. The molecule has 3 rings (SSSR count). The van der Waals surface area contributed by atoms with Crippen LogP contribution in [-0.2, 0) is 19.6 Å². The van der Waals surface area contributed by atoms with E-state index in [0.29, 0.717) is 22.8 Å². The Hall–Kier alpha value is -2.57. The summed E-state index contributed by atoms with van der Waals surface area (Å²) < 4.78 is 31.9. The average Bonchev–Trinajstić information content (AvgIpc) is 3.01. The van der Waals surface area contributed by atoms with E-state index >= 15 is 0 Å². The first-order valence-electron chi connectivity index (χ1n) is 7.02. The molecule has 12 heteroatoms. The maximum Gasteiger partial charge on any atom is 0.270 e. The zero-order chi connectivity index (χ0) is 18.0. The molecule has 0 fully saturated rings. The number of anilines is 2. The maximum absolute atomic E-state index is 12.2. The molecule has 1 atom stereocenters. The number of fused-ring (bicyclic) bond motifs is 1. The number of para-hydroxylation sites is 2. The van der Waals surface area contributed by atoms with Crippen LogP contribution in [0.2, 0.25) is 0 Å². The van der Waals surface area contributed by atoms with Crippen LogP contribution in [0.25, 0.3) is 0 Å². The minimum absolute atomic E-state index is 0.0634. The molecule has 25 heavy (non-hydrogen) atoms. The van der Waals surface area contributed by atoms with Gasteiger partial charge in [-0.3, -0.25) is 9.59 Å². The van der Waals surface area contributed by atoms with Crippen molar-refractivity contribution in [2.45, 2.75) is 17.4 Å². The number of nitrogens with one attached hydrogen (secondary N) is 3. The fraction of sp³-hybridized carbons (Fsp3) is 0.231. The number of benzene rings is 1. The number of carbonyl (C=O) groups excluding carboxylic acids is 2. The highest BCUT2D eigenvalue weighted by atomic mass is 32.2. The van der Waals surface area contributed by atoms with Crippen LogP contribution in [0.3, 0.4) is 0 Å². The number of aromatic nitrogens is 2. The number of ether oxygens (including phenoxy) is 1.